The van der Waals surface area contributed by atoms with E-state index in [1.165, 1.54) is 28.5 Å². The van der Waals surface area contributed by atoms with Crippen molar-refractivity contribution in [1.29, 1.82) is 0 Å². The Hall–Kier alpha value is -2.86. The van der Waals surface area contributed by atoms with Crippen LogP contribution in [0, 0.1) is 20.8 Å². The van der Waals surface area contributed by atoms with Crippen LogP contribution in [0.15, 0.2) is 62.8 Å². The molecule has 0 bridgehead atoms. The first kappa shape index (κ1) is 17.5. The van der Waals surface area contributed by atoms with Gasteiger partial charge >= 0.3 is 0 Å². The highest BCUT2D eigenvalue weighted by molar-refractivity contribution is 7.98. The van der Waals surface area contributed by atoms with Gasteiger partial charge in [0.05, 0.1) is 5.69 Å². The van der Waals surface area contributed by atoms with Gasteiger partial charge in [0.1, 0.15) is 6.26 Å². The van der Waals surface area contributed by atoms with Crippen LogP contribution < -0.4 is 0 Å². The van der Waals surface area contributed by atoms with Crippen molar-refractivity contribution in [3.05, 3.63) is 71.1 Å². The lowest BCUT2D eigenvalue weighted by molar-refractivity contribution is 0.465. The van der Waals surface area contributed by atoms with Crippen LogP contribution in [0.4, 0.5) is 0 Å². The van der Waals surface area contributed by atoms with E-state index in [0.717, 1.165) is 16.8 Å². The zero-order chi connectivity index (χ0) is 18.8. The zero-order valence-electron chi connectivity index (χ0n) is 15.4. The molecule has 0 saturated heterocycles. The summed E-state index contributed by atoms with van der Waals surface area (Å²) in [4.78, 5) is 4.53. The van der Waals surface area contributed by atoms with Gasteiger partial charge in [-0.3, -0.25) is 0 Å². The second-order valence-electron chi connectivity index (χ2n) is 6.47. The molecule has 0 aliphatic rings. The summed E-state index contributed by atoms with van der Waals surface area (Å²) in [6.45, 7) is 6.20. The highest BCUT2D eigenvalue weighted by Gasteiger charge is 2.12. The van der Waals surface area contributed by atoms with Gasteiger partial charge in [-0.2, -0.15) is 0 Å². The van der Waals surface area contributed by atoms with Crippen molar-refractivity contribution in [2.45, 2.75) is 31.7 Å². The normalized spacial score (nSPS) is 11.1. The Kier molecular flexibility index (Phi) is 4.81. The van der Waals surface area contributed by atoms with E-state index in [0.29, 0.717) is 22.8 Å². The summed E-state index contributed by atoms with van der Waals surface area (Å²) in [7, 11) is 0. The predicted molar refractivity (Wildman–Crippen MR) is 105 cm³/mol. The van der Waals surface area contributed by atoms with Crippen molar-refractivity contribution in [2.24, 2.45) is 0 Å². The van der Waals surface area contributed by atoms with Gasteiger partial charge in [-0.15, -0.1) is 10.2 Å². The van der Waals surface area contributed by atoms with Gasteiger partial charge in [0.25, 0.3) is 5.22 Å². The first-order chi connectivity index (χ1) is 13.1. The van der Waals surface area contributed by atoms with E-state index in [2.05, 4.69) is 48.1 Å². The highest BCUT2D eigenvalue weighted by atomic mass is 32.2. The van der Waals surface area contributed by atoms with Gasteiger partial charge in [0, 0.05) is 16.9 Å². The van der Waals surface area contributed by atoms with Crippen molar-refractivity contribution >= 4 is 11.8 Å². The molecule has 0 atom stereocenters. The Balaban J connectivity index is 1.43. The van der Waals surface area contributed by atoms with E-state index in [9.17, 15) is 0 Å². The maximum Gasteiger partial charge on any atom is 0.277 e. The molecule has 2 aromatic carbocycles. The maximum atomic E-state index is 5.77. The molecule has 4 aromatic rings. The molecule has 0 aliphatic carbocycles. The molecule has 4 rings (SSSR count). The summed E-state index contributed by atoms with van der Waals surface area (Å²) < 4.78 is 11.4. The Morgan fingerprint density at radius 2 is 1.63 bits per heavy atom. The number of aromatic nitrogens is 3. The van der Waals surface area contributed by atoms with Crippen LogP contribution >= 0.6 is 11.8 Å². The first-order valence-corrected chi connectivity index (χ1v) is 9.62. The van der Waals surface area contributed by atoms with Gasteiger partial charge in [0.2, 0.25) is 11.8 Å². The third-order valence-corrected chi connectivity index (χ3v) is 5.21. The summed E-state index contributed by atoms with van der Waals surface area (Å²) in [6.07, 6.45) is 1.67. The second-order valence-corrected chi connectivity index (χ2v) is 7.40. The molecule has 0 unspecified atom stereocenters. The number of benzene rings is 2. The fraction of sp³-hybridized carbons (Fsp3) is 0.190. The minimum atomic E-state index is 0.517. The molecule has 5 nitrogen and oxygen atoms in total. The molecule has 0 radical (unpaired) electrons. The molecular weight excluding hydrogens is 358 g/mol. The standard InChI is InChI=1S/C21H19N3O2S/c1-13-4-7-16(8-5-13)19-22-18(11-25-19)12-27-21-24-23-20(26-21)17-9-6-14(2)15(3)10-17/h4-11H,12H2,1-3H3. The maximum absolute atomic E-state index is 5.77. The molecule has 2 aromatic heterocycles. The summed E-state index contributed by atoms with van der Waals surface area (Å²) in [6, 6.07) is 14.2. The summed E-state index contributed by atoms with van der Waals surface area (Å²) >= 11 is 1.44. The van der Waals surface area contributed by atoms with E-state index in [1.807, 2.05) is 30.3 Å². The number of oxazole rings is 1. The van der Waals surface area contributed by atoms with Crippen LogP contribution in [-0.4, -0.2) is 15.2 Å². The van der Waals surface area contributed by atoms with Gasteiger partial charge < -0.3 is 8.83 Å². The average molecular weight is 377 g/mol. The quantitative estimate of drug-likeness (QED) is 0.421. The summed E-state index contributed by atoms with van der Waals surface area (Å²) in [5.74, 6) is 1.75. The Labute approximate surface area is 161 Å². The zero-order valence-corrected chi connectivity index (χ0v) is 16.2. The van der Waals surface area contributed by atoms with E-state index >= 15 is 0 Å². The molecule has 0 saturated carbocycles. The minimum absolute atomic E-state index is 0.517. The molecule has 0 N–H and O–H groups in total. The largest absolute Gasteiger partial charge is 0.444 e. The Bertz CT molecular complexity index is 1070. The van der Waals surface area contributed by atoms with Crippen LogP contribution in [0.3, 0.4) is 0 Å². The van der Waals surface area contributed by atoms with E-state index in [-0.39, 0.29) is 0 Å². The van der Waals surface area contributed by atoms with E-state index < -0.39 is 0 Å². The lowest BCUT2D eigenvalue weighted by atomic mass is 10.1. The van der Waals surface area contributed by atoms with Crippen molar-refractivity contribution < 1.29 is 8.83 Å². The molecule has 0 amide bonds. The molecule has 27 heavy (non-hydrogen) atoms. The highest BCUT2D eigenvalue weighted by Crippen LogP contribution is 2.27. The van der Waals surface area contributed by atoms with E-state index in [4.69, 9.17) is 8.83 Å². The average Bonchev–Trinajstić information content (AvgIpc) is 3.32. The molecule has 0 spiro atoms. The third kappa shape index (κ3) is 3.95. The molecule has 136 valence electrons. The number of thioether (sulfide) groups is 1. The molecular formula is C21H19N3O2S. The van der Waals surface area contributed by atoms with Crippen LogP contribution in [0.25, 0.3) is 22.9 Å². The second kappa shape index (κ2) is 7.40. The van der Waals surface area contributed by atoms with Gasteiger partial charge in [0.15, 0.2) is 0 Å². The lowest BCUT2D eigenvalue weighted by Crippen LogP contribution is -1.83. The fourth-order valence-electron chi connectivity index (χ4n) is 2.60. The molecule has 0 fully saturated rings. The summed E-state index contributed by atoms with van der Waals surface area (Å²) in [5.41, 5.74) is 6.38. The Morgan fingerprint density at radius 3 is 2.41 bits per heavy atom. The minimum Gasteiger partial charge on any atom is -0.444 e. The number of nitrogens with zero attached hydrogens (tertiary/aromatic N) is 3. The predicted octanol–water partition coefficient (Wildman–Crippen LogP) is 5.61. The van der Waals surface area contributed by atoms with Crippen molar-refractivity contribution in [3.8, 4) is 22.9 Å². The van der Waals surface area contributed by atoms with Crippen molar-refractivity contribution in [1.82, 2.24) is 15.2 Å². The number of hydrogen-bond donors (Lipinski definition) is 0. The number of aryl methyl sites for hydroxylation is 3. The van der Waals surface area contributed by atoms with Crippen LogP contribution in [0.5, 0.6) is 0 Å². The van der Waals surface area contributed by atoms with E-state index in [1.54, 1.807) is 6.26 Å². The molecule has 0 aliphatic heterocycles. The number of rotatable bonds is 5. The van der Waals surface area contributed by atoms with Gasteiger partial charge in [-0.25, -0.2) is 4.98 Å². The van der Waals surface area contributed by atoms with Crippen molar-refractivity contribution in [2.75, 3.05) is 0 Å². The summed E-state index contributed by atoms with van der Waals surface area (Å²) in [5, 5.41) is 8.79. The monoisotopic (exact) mass is 377 g/mol. The van der Waals surface area contributed by atoms with Crippen molar-refractivity contribution in [3.63, 3.8) is 0 Å². The number of hydrogen-bond acceptors (Lipinski definition) is 6. The van der Waals surface area contributed by atoms with Crippen LogP contribution in [0.1, 0.15) is 22.4 Å². The SMILES string of the molecule is Cc1ccc(-c2nc(CSc3nnc(-c4ccc(C)c(C)c4)o3)co2)cc1. The third-order valence-electron chi connectivity index (χ3n) is 4.35. The smallest absolute Gasteiger partial charge is 0.277 e. The van der Waals surface area contributed by atoms with Crippen LogP contribution in [-0.2, 0) is 5.75 Å². The van der Waals surface area contributed by atoms with Gasteiger partial charge in [-0.1, -0.05) is 35.5 Å². The molecule has 2 heterocycles. The van der Waals surface area contributed by atoms with Gasteiger partial charge in [-0.05, 0) is 56.2 Å². The Morgan fingerprint density at radius 1 is 0.852 bits per heavy atom. The fourth-order valence-corrected chi connectivity index (χ4v) is 3.24. The molecule has 6 heteroatoms. The lowest BCUT2D eigenvalue weighted by Gasteiger charge is -2.00. The topological polar surface area (TPSA) is 65.0 Å². The first-order valence-electron chi connectivity index (χ1n) is 8.64. The van der Waals surface area contributed by atoms with Crippen LogP contribution in [0.2, 0.25) is 0 Å².